The molecule has 1 rings (SSSR count). The van der Waals surface area contributed by atoms with Gasteiger partial charge in [-0.05, 0) is 41.9 Å². The molecule has 0 amide bonds. The van der Waals surface area contributed by atoms with Crippen molar-refractivity contribution in [1.29, 1.82) is 0 Å². The van der Waals surface area contributed by atoms with Gasteiger partial charge in [0.25, 0.3) is 0 Å². The molecule has 1 nitrogen and oxygen atoms in total. The topological polar surface area (TPSA) is 12.0 Å². The maximum absolute atomic E-state index is 3.63. The van der Waals surface area contributed by atoms with Gasteiger partial charge in [-0.1, -0.05) is 20.3 Å². The molecule has 80 valence electrons. The summed E-state index contributed by atoms with van der Waals surface area (Å²) in [5.41, 5.74) is 0. The summed E-state index contributed by atoms with van der Waals surface area (Å²) < 4.78 is 1.25. The molecule has 1 aromatic rings. The minimum Gasteiger partial charge on any atom is -0.312 e. The summed E-state index contributed by atoms with van der Waals surface area (Å²) in [6.07, 6.45) is 1.20. The van der Waals surface area contributed by atoms with Crippen molar-refractivity contribution in [2.75, 3.05) is 7.05 Å². The largest absolute Gasteiger partial charge is 0.312 e. The molecule has 0 spiro atoms. The molecule has 0 saturated carbocycles. The second-order valence-corrected chi connectivity index (χ2v) is 5.86. The Bertz CT molecular complexity index is 295. The van der Waals surface area contributed by atoms with Gasteiger partial charge in [0.15, 0.2) is 0 Å². The Kier molecular flexibility index (Phi) is 4.61. The molecule has 1 N–H and O–H groups in total. The summed E-state index contributed by atoms with van der Waals surface area (Å²) in [7, 11) is 2.04. The van der Waals surface area contributed by atoms with Crippen molar-refractivity contribution in [2.45, 2.75) is 33.2 Å². The number of hydrogen-bond acceptors (Lipinski definition) is 2. The zero-order valence-corrected chi connectivity index (χ0v) is 11.6. The van der Waals surface area contributed by atoms with E-state index in [-0.39, 0.29) is 0 Å². The summed E-state index contributed by atoms with van der Waals surface area (Å²) in [6, 6.07) is 2.68. The number of hydrogen-bond donors (Lipinski definition) is 1. The first-order valence-electron chi connectivity index (χ1n) is 5.03. The highest BCUT2D eigenvalue weighted by Crippen LogP contribution is 2.36. The number of nitrogens with one attached hydrogen (secondary N) is 1. The predicted molar refractivity (Wildman–Crippen MR) is 68.0 cm³/mol. The highest BCUT2D eigenvalue weighted by molar-refractivity contribution is 9.10. The van der Waals surface area contributed by atoms with Crippen molar-refractivity contribution in [3.63, 3.8) is 0 Å². The van der Waals surface area contributed by atoms with E-state index in [0.717, 1.165) is 0 Å². The van der Waals surface area contributed by atoms with E-state index < -0.39 is 0 Å². The van der Waals surface area contributed by atoms with Crippen LogP contribution in [0.2, 0.25) is 0 Å². The van der Waals surface area contributed by atoms with Crippen LogP contribution in [-0.4, -0.2) is 7.05 Å². The Balaban J connectivity index is 2.94. The summed E-state index contributed by atoms with van der Waals surface area (Å²) >= 11 is 5.51. The lowest BCUT2D eigenvalue weighted by atomic mass is 9.98. The minimum absolute atomic E-state index is 0.480. The predicted octanol–water partition coefficient (Wildman–Crippen LogP) is 4.13. The fraction of sp³-hybridized carbons (Fsp3) is 0.636. The van der Waals surface area contributed by atoms with Crippen LogP contribution in [0.25, 0.3) is 0 Å². The summed E-state index contributed by atoms with van der Waals surface area (Å²) in [5, 5.41) is 3.40. The molecule has 0 aliphatic heterocycles. The van der Waals surface area contributed by atoms with Gasteiger partial charge in [0.05, 0.1) is 0 Å². The Labute approximate surface area is 99.0 Å². The summed E-state index contributed by atoms with van der Waals surface area (Å²) in [6.45, 7) is 6.69. The van der Waals surface area contributed by atoms with Crippen LogP contribution in [0.15, 0.2) is 10.5 Å². The Hall–Kier alpha value is 0.140. The smallest absolute Gasteiger partial charge is 0.0449 e. The van der Waals surface area contributed by atoms with E-state index in [1.807, 2.05) is 18.4 Å². The monoisotopic (exact) mass is 275 g/mol. The second-order valence-electron chi connectivity index (χ2n) is 3.72. The van der Waals surface area contributed by atoms with Crippen molar-refractivity contribution in [3.05, 3.63) is 20.3 Å². The van der Waals surface area contributed by atoms with E-state index in [0.29, 0.717) is 12.0 Å². The van der Waals surface area contributed by atoms with Crippen LogP contribution in [0, 0.1) is 12.8 Å². The van der Waals surface area contributed by atoms with E-state index in [4.69, 9.17) is 0 Å². The molecule has 0 saturated heterocycles. The second kappa shape index (κ2) is 5.29. The Morgan fingerprint density at radius 1 is 1.57 bits per heavy atom. The third-order valence-corrected chi connectivity index (χ3v) is 4.69. The standard InChI is InChI=1S/C11H18BrNS/c1-5-7(2)10(13-4)11-9(12)6-8(3)14-11/h6-7,10,13H,5H2,1-4H3. The molecular weight excluding hydrogens is 258 g/mol. The van der Waals surface area contributed by atoms with Gasteiger partial charge in [-0.25, -0.2) is 0 Å². The highest BCUT2D eigenvalue weighted by atomic mass is 79.9. The fourth-order valence-electron chi connectivity index (χ4n) is 1.62. The van der Waals surface area contributed by atoms with Crippen molar-refractivity contribution in [2.24, 2.45) is 5.92 Å². The quantitative estimate of drug-likeness (QED) is 0.872. The number of rotatable bonds is 4. The molecule has 0 fully saturated rings. The van der Waals surface area contributed by atoms with Crippen molar-refractivity contribution < 1.29 is 0 Å². The first-order valence-corrected chi connectivity index (χ1v) is 6.64. The SMILES string of the molecule is CCC(C)C(NC)c1sc(C)cc1Br. The van der Waals surface area contributed by atoms with Crippen LogP contribution in [0.1, 0.15) is 36.1 Å². The lowest BCUT2D eigenvalue weighted by molar-refractivity contribution is 0.405. The van der Waals surface area contributed by atoms with Gasteiger partial charge >= 0.3 is 0 Å². The molecule has 0 aliphatic carbocycles. The van der Waals surface area contributed by atoms with E-state index in [2.05, 4.69) is 48.1 Å². The van der Waals surface area contributed by atoms with E-state index in [9.17, 15) is 0 Å². The first-order chi connectivity index (χ1) is 6.60. The molecule has 1 heterocycles. The van der Waals surface area contributed by atoms with Gasteiger partial charge in [-0.2, -0.15) is 0 Å². The molecule has 3 heteroatoms. The maximum atomic E-state index is 3.63. The molecule has 0 radical (unpaired) electrons. The minimum atomic E-state index is 0.480. The maximum Gasteiger partial charge on any atom is 0.0449 e. The molecule has 1 aromatic heterocycles. The molecule has 0 aromatic carbocycles. The van der Waals surface area contributed by atoms with E-state index in [1.54, 1.807) is 0 Å². The van der Waals surface area contributed by atoms with Crippen molar-refractivity contribution in [3.8, 4) is 0 Å². The molecular formula is C11H18BrNS. The average Bonchev–Trinajstić information content (AvgIpc) is 2.47. The zero-order chi connectivity index (χ0) is 10.7. The Morgan fingerprint density at radius 3 is 2.57 bits per heavy atom. The first kappa shape index (κ1) is 12.2. The Morgan fingerprint density at radius 2 is 2.21 bits per heavy atom. The number of thiophene rings is 1. The average molecular weight is 276 g/mol. The molecule has 14 heavy (non-hydrogen) atoms. The van der Waals surface area contributed by atoms with Crippen LogP contribution in [0.4, 0.5) is 0 Å². The van der Waals surface area contributed by atoms with Gasteiger partial charge in [0.1, 0.15) is 0 Å². The number of aryl methyl sites for hydroxylation is 1. The van der Waals surface area contributed by atoms with Crippen LogP contribution < -0.4 is 5.32 Å². The molecule has 0 aliphatic rings. The molecule has 2 atom stereocenters. The fourth-order valence-corrected chi connectivity index (χ4v) is 3.76. The van der Waals surface area contributed by atoms with Crippen LogP contribution in [0.3, 0.4) is 0 Å². The summed E-state index contributed by atoms with van der Waals surface area (Å²) in [4.78, 5) is 2.80. The van der Waals surface area contributed by atoms with Gasteiger partial charge in [0.2, 0.25) is 0 Å². The van der Waals surface area contributed by atoms with Crippen LogP contribution in [-0.2, 0) is 0 Å². The normalized spacial score (nSPS) is 15.5. The van der Waals surface area contributed by atoms with E-state index >= 15 is 0 Å². The molecule has 2 unspecified atom stereocenters. The summed E-state index contributed by atoms with van der Waals surface area (Å²) in [5.74, 6) is 0.675. The van der Waals surface area contributed by atoms with Crippen molar-refractivity contribution >= 4 is 27.3 Å². The van der Waals surface area contributed by atoms with Crippen LogP contribution >= 0.6 is 27.3 Å². The number of halogens is 1. The van der Waals surface area contributed by atoms with E-state index in [1.165, 1.54) is 20.6 Å². The van der Waals surface area contributed by atoms with Gasteiger partial charge in [0, 0.05) is 20.3 Å². The third kappa shape index (κ3) is 2.59. The highest BCUT2D eigenvalue weighted by Gasteiger charge is 2.20. The molecule has 0 bridgehead atoms. The van der Waals surface area contributed by atoms with Crippen molar-refractivity contribution in [1.82, 2.24) is 5.32 Å². The zero-order valence-electron chi connectivity index (χ0n) is 9.23. The lowest BCUT2D eigenvalue weighted by Crippen LogP contribution is -2.22. The van der Waals surface area contributed by atoms with Gasteiger partial charge in [-0.15, -0.1) is 11.3 Å². The van der Waals surface area contributed by atoms with Crippen LogP contribution in [0.5, 0.6) is 0 Å². The third-order valence-electron chi connectivity index (χ3n) is 2.64. The lowest BCUT2D eigenvalue weighted by Gasteiger charge is -2.21. The van der Waals surface area contributed by atoms with Gasteiger partial charge < -0.3 is 5.32 Å². The van der Waals surface area contributed by atoms with Gasteiger partial charge in [-0.3, -0.25) is 0 Å².